The van der Waals surface area contributed by atoms with Crippen LogP contribution in [0.1, 0.15) is 64.2 Å². The highest BCUT2D eigenvalue weighted by atomic mass is 16.5. The lowest BCUT2D eigenvalue weighted by Gasteiger charge is -2.46. The molecule has 2 amide bonds. The molecule has 29 heavy (non-hydrogen) atoms. The molecule has 1 fully saturated rings. The van der Waals surface area contributed by atoms with Gasteiger partial charge in [0, 0.05) is 35.6 Å². The van der Waals surface area contributed by atoms with Crippen molar-refractivity contribution in [2.75, 3.05) is 18.1 Å². The van der Waals surface area contributed by atoms with Crippen LogP contribution in [0.15, 0.2) is 18.2 Å². The normalized spacial score (nSPS) is 20.6. The fourth-order valence-electron chi connectivity index (χ4n) is 4.60. The van der Waals surface area contributed by atoms with Crippen LogP contribution in [-0.4, -0.2) is 47.9 Å². The molecule has 2 heterocycles. The van der Waals surface area contributed by atoms with E-state index >= 15 is 0 Å². The Hall–Kier alpha value is -2.41. The van der Waals surface area contributed by atoms with Crippen molar-refractivity contribution < 1.29 is 19.1 Å². The lowest BCUT2D eigenvalue weighted by Crippen LogP contribution is -2.62. The molecule has 0 radical (unpaired) electrons. The summed E-state index contributed by atoms with van der Waals surface area (Å²) in [6.07, 6.45) is 1.90. The van der Waals surface area contributed by atoms with Gasteiger partial charge in [-0.15, -0.1) is 0 Å². The molecular weight excluding hydrogens is 370 g/mol. The van der Waals surface area contributed by atoms with Crippen LogP contribution < -0.4 is 20.3 Å². The zero-order valence-corrected chi connectivity index (χ0v) is 17.9. The Morgan fingerprint density at radius 3 is 2.48 bits per heavy atom. The maximum absolute atomic E-state index is 12.6. The van der Waals surface area contributed by atoms with Crippen molar-refractivity contribution in [1.82, 2.24) is 10.6 Å². The number of Topliss-reactive ketones (excluding diaryl/α,β-unsaturated/α-hetero) is 1. The second kappa shape index (κ2) is 7.78. The molecule has 1 aromatic carbocycles. The highest BCUT2D eigenvalue weighted by Gasteiger charge is 2.38. The van der Waals surface area contributed by atoms with E-state index in [1.54, 1.807) is 23.1 Å². The van der Waals surface area contributed by atoms with Gasteiger partial charge in [0.05, 0.1) is 5.69 Å². The predicted octanol–water partition coefficient (Wildman–Crippen LogP) is 2.43. The van der Waals surface area contributed by atoms with Crippen LogP contribution >= 0.6 is 0 Å². The van der Waals surface area contributed by atoms with Crippen molar-refractivity contribution in [3.8, 4) is 5.75 Å². The van der Waals surface area contributed by atoms with Gasteiger partial charge in [0.15, 0.2) is 12.4 Å². The number of hydrogen-bond acceptors (Lipinski definition) is 5. The van der Waals surface area contributed by atoms with E-state index in [1.807, 2.05) is 0 Å². The Labute approximate surface area is 172 Å². The van der Waals surface area contributed by atoms with Crippen LogP contribution in [-0.2, 0) is 9.59 Å². The number of carbonyl (C=O) groups is 3. The molecule has 0 bridgehead atoms. The molecule has 0 atom stereocenters. The lowest BCUT2D eigenvalue weighted by atomic mass is 9.79. The number of carbonyl (C=O) groups excluding carboxylic acids is 3. The molecular formula is C22H31N3O4. The fraction of sp³-hybridized carbons (Fsp3) is 0.591. The number of fused-ring (bicyclic) bond motifs is 1. The standard InChI is InChI=1S/C22H31N3O4/c1-14(26)15-6-7-18-17(10-15)25(20(28)13-29-18)9-8-19(27)23-16-11-21(2,3)24-22(4,5)12-16/h6-7,10,16,24H,8-9,11-13H2,1-5H3,(H,23,27). The number of amides is 2. The predicted molar refractivity (Wildman–Crippen MR) is 111 cm³/mol. The van der Waals surface area contributed by atoms with Gasteiger partial charge in [-0.05, 0) is 65.7 Å². The van der Waals surface area contributed by atoms with Crippen molar-refractivity contribution in [2.45, 2.75) is 71.0 Å². The average Bonchev–Trinajstić information content (AvgIpc) is 2.57. The maximum Gasteiger partial charge on any atom is 0.265 e. The third kappa shape index (κ3) is 5.15. The number of nitrogens with zero attached hydrogens (tertiary/aromatic N) is 1. The van der Waals surface area contributed by atoms with Gasteiger partial charge in [-0.25, -0.2) is 0 Å². The van der Waals surface area contributed by atoms with E-state index in [4.69, 9.17) is 4.74 Å². The molecule has 0 unspecified atom stereocenters. The van der Waals surface area contributed by atoms with E-state index in [9.17, 15) is 14.4 Å². The van der Waals surface area contributed by atoms with Crippen LogP contribution in [0.25, 0.3) is 0 Å². The number of hydrogen-bond donors (Lipinski definition) is 2. The first kappa shape index (κ1) is 21.3. The zero-order chi connectivity index (χ0) is 21.4. The lowest BCUT2D eigenvalue weighted by molar-refractivity contribution is -0.122. The van der Waals surface area contributed by atoms with Gasteiger partial charge in [0.1, 0.15) is 5.75 Å². The van der Waals surface area contributed by atoms with Crippen molar-refractivity contribution in [3.63, 3.8) is 0 Å². The van der Waals surface area contributed by atoms with Gasteiger partial charge in [0.2, 0.25) is 5.91 Å². The molecule has 1 saturated heterocycles. The molecule has 0 saturated carbocycles. The molecule has 2 aliphatic rings. The molecule has 158 valence electrons. The van der Waals surface area contributed by atoms with Gasteiger partial charge in [-0.2, -0.15) is 0 Å². The average molecular weight is 402 g/mol. The molecule has 7 nitrogen and oxygen atoms in total. The van der Waals surface area contributed by atoms with E-state index in [0.717, 1.165) is 12.8 Å². The monoisotopic (exact) mass is 401 g/mol. The third-order valence-corrected chi connectivity index (χ3v) is 5.43. The minimum Gasteiger partial charge on any atom is -0.482 e. The highest BCUT2D eigenvalue weighted by Crippen LogP contribution is 2.33. The van der Waals surface area contributed by atoms with Crippen molar-refractivity contribution >= 4 is 23.3 Å². The summed E-state index contributed by atoms with van der Waals surface area (Å²) in [4.78, 5) is 38.2. The topological polar surface area (TPSA) is 87.7 Å². The maximum atomic E-state index is 12.6. The van der Waals surface area contributed by atoms with Gasteiger partial charge >= 0.3 is 0 Å². The molecule has 2 N–H and O–H groups in total. The summed E-state index contributed by atoms with van der Waals surface area (Å²) in [5.74, 6) is 0.179. The first-order valence-corrected chi connectivity index (χ1v) is 10.1. The first-order chi connectivity index (χ1) is 13.5. The van der Waals surface area contributed by atoms with Gasteiger partial charge in [-0.3, -0.25) is 14.4 Å². The second-order valence-corrected chi connectivity index (χ2v) is 9.39. The van der Waals surface area contributed by atoms with E-state index in [0.29, 0.717) is 17.0 Å². The summed E-state index contributed by atoms with van der Waals surface area (Å²) >= 11 is 0. The summed E-state index contributed by atoms with van der Waals surface area (Å²) in [7, 11) is 0. The van der Waals surface area contributed by atoms with Crippen LogP contribution in [0, 0.1) is 0 Å². The quantitative estimate of drug-likeness (QED) is 0.740. The Kier molecular flexibility index (Phi) is 5.72. The Bertz CT molecular complexity index is 815. The van der Waals surface area contributed by atoms with Crippen LogP contribution in [0.4, 0.5) is 5.69 Å². The summed E-state index contributed by atoms with van der Waals surface area (Å²) in [5.41, 5.74) is 0.950. The number of anilines is 1. The van der Waals surface area contributed by atoms with Crippen LogP contribution in [0.5, 0.6) is 5.75 Å². The minimum atomic E-state index is -0.213. The number of rotatable bonds is 5. The number of piperidine rings is 1. The second-order valence-electron chi connectivity index (χ2n) is 9.39. The largest absolute Gasteiger partial charge is 0.482 e. The zero-order valence-electron chi connectivity index (χ0n) is 17.9. The molecule has 0 spiro atoms. The van der Waals surface area contributed by atoms with E-state index < -0.39 is 0 Å². The fourth-order valence-corrected chi connectivity index (χ4v) is 4.60. The van der Waals surface area contributed by atoms with Gasteiger partial charge < -0.3 is 20.3 Å². The van der Waals surface area contributed by atoms with Crippen molar-refractivity contribution in [1.29, 1.82) is 0 Å². The third-order valence-electron chi connectivity index (χ3n) is 5.43. The smallest absolute Gasteiger partial charge is 0.265 e. The number of ketones is 1. The minimum absolute atomic E-state index is 0.0537. The highest BCUT2D eigenvalue weighted by molar-refractivity contribution is 6.01. The van der Waals surface area contributed by atoms with Crippen molar-refractivity contribution in [2.24, 2.45) is 0 Å². The van der Waals surface area contributed by atoms with E-state index in [1.165, 1.54) is 6.92 Å². The van der Waals surface area contributed by atoms with Crippen LogP contribution in [0.2, 0.25) is 0 Å². The number of nitrogens with one attached hydrogen (secondary N) is 2. The van der Waals surface area contributed by atoms with Crippen LogP contribution in [0.3, 0.4) is 0 Å². The first-order valence-electron chi connectivity index (χ1n) is 10.1. The Morgan fingerprint density at radius 2 is 1.86 bits per heavy atom. The molecule has 1 aromatic rings. The molecule has 2 aliphatic heterocycles. The van der Waals surface area contributed by atoms with Crippen molar-refractivity contribution in [3.05, 3.63) is 23.8 Å². The SMILES string of the molecule is CC(=O)c1ccc2c(c1)N(CCC(=O)NC1CC(C)(C)NC(C)(C)C1)C(=O)CO2. The Morgan fingerprint density at radius 1 is 1.21 bits per heavy atom. The molecule has 0 aliphatic carbocycles. The number of ether oxygens (including phenoxy) is 1. The summed E-state index contributed by atoms with van der Waals surface area (Å²) in [5, 5.41) is 6.74. The van der Waals surface area contributed by atoms with E-state index in [2.05, 4.69) is 38.3 Å². The molecule has 7 heteroatoms. The summed E-state index contributed by atoms with van der Waals surface area (Å²) < 4.78 is 5.46. The Balaban J connectivity index is 1.65. The molecule has 3 rings (SSSR count). The van der Waals surface area contributed by atoms with E-state index in [-0.39, 0.29) is 54.3 Å². The summed E-state index contributed by atoms with van der Waals surface area (Å²) in [6, 6.07) is 5.13. The number of benzene rings is 1. The molecule has 0 aromatic heterocycles. The van der Waals surface area contributed by atoms with Gasteiger partial charge in [0.25, 0.3) is 5.91 Å². The summed E-state index contributed by atoms with van der Waals surface area (Å²) in [6.45, 7) is 10.2. The van der Waals surface area contributed by atoms with Gasteiger partial charge in [-0.1, -0.05) is 0 Å².